The second-order valence-corrected chi connectivity index (χ2v) is 35.5. The van der Waals surface area contributed by atoms with Crippen molar-refractivity contribution < 1.29 is 13.2 Å². The SMILES string of the molecule is CCN1CCN(c2cnc(C)c(Nc3ncc4c(n3)-c3ccc(Cl)cc3NC(=S)C4)c2)C[C@@H]1C.Cc1nc(N2CCC(N(C)C)CC2)ccc1Nc1ncc2c(n1)-c1ccc(Cl)cc1NC(=S)C2.Cc1nc(NC2CCNCC2)ccc1Nc1ncc2c(n1)-c1ccc(C(F)(F)F)cc1NC(=S)C2.Nc1ccc(Nc2ncc3c(n2)-c2ccc(Cl)cc2NC(=S)C3)cn1. The minimum Gasteiger partial charge on any atom is -0.384 e. The number of nitrogen functional groups attached to an aromatic ring is 1. The fraction of sp³-hybridized carbons (Fsp3) is 0.297. The summed E-state index contributed by atoms with van der Waals surface area (Å²) < 4.78 is 39.7. The molecule has 3 saturated heterocycles. The number of anilines is 16. The van der Waals surface area contributed by atoms with Gasteiger partial charge < -0.3 is 73.6 Å². The average molecular weight is 1860 g/mol. The van der Waals surface area contributed by atoms with Crippen LogP contribution >= 0.6 is 83.7 Å². The van der Waals surface area contributed by atoms with Crippen molar-refractivity contribution in [2.24, 2.45) is 0 Å². The summed E-state index contributed by atoms with van der Waals surface area (Å²) in [5.74, 6) is 4.14. The van der Waals surface area contributed by atoms with Crippen LogP contribution in [0.5, 0.6) is 0 Å². The van der Waals surface area contributed by atoms with Crippen LogP contribution in [0.1, 0.15) is 84.4 Å². The molecule has 19 rings (SSSR count). The lowest BCUT2D eigenvalue weighted by Crippen LogP contribution is -2.51. The molecule has 15 heterocycles. The van der Waals surface area contributed by atoms with Crippen LogP contribution in [-0.2, 0) is 31.9 Å². The molecule has 658 valence electrons. The molecule has 12 N–H and O–H groups in total. The second-order valence-electron chi connectivity index (χ2n) is 32.2. The summed E-state index contributed by atoms with van der Waals surface area (Å²) in [6, 6.07) is 35.8. The molecular formula is C91H93Cl3F3N27S4. The molecule has 0 saturated carbocycles. The third kappa shape index (κ3) is 21.7. The van der Waals surface area contributed by atoms with Crippen molar-refractivity contribution in [3.8, 4) is 45.0 Å². The number of nitrogens with two attached hydrogens (primary N) is 1. The standard InChI is InChI=1S/2C25H28ClN7S.C24H24F3N7S.C17H13ClN6S/c1-15-20(6-7-22(28-15)33-10-8-18(9-11-33)32(2)3)30-25-27-14-16-12-23(34)29-21-13-17(26)4-5-19(21)24(16)31-25;1-4-32-7-8-33(14-15(32)2)19-11-21(16(3)27-13-19)30-25-28-12-17-9-23(34)29-22-10-18(26)5-6-20(22)24(17)31-25;1-13-18(4-5-20(30-13)31-16-6-8-28-9-7-16)33-23-29-12-14-10-21(35)32-19-11-15(24(25,26)27)2-3-17(19)22(14)34-23;18-10-1-3-12-13(6-10)23-15(25)5-9-7-21-17(24-16(9)12)22-11-2-4-14(19)20-8-11/h4-7,13-14,18H,8-12H2,1-3H3,(H,29,34)(H,27,30,31);5-6,10-13,15H,4,7-9,14H2,1-3H3,(H,29,34)(H,28,30,31);2-5,11-12,16,28H,6-10H2,1H3,(H,30,31)(H,32,35)(H,29,33,34);1-4,6-8H,5H2,(H2,19,20)(H,23,25)(H,21,22,24)/t;15-;;/m.0../s1. The summed E-state index contributed by atoms with van der Waals surface area (Å²) in [4.78, 5) is 67.4. The van der Waals surface area contributed by atoms with Gasteiger partial charge in [-0.25, -0.2) is 54.8 Å². The van der Waals surface area contributed by atoms with Crippen molar-refractivity contribution in [3.63, 3.8) is 0 Å². The number of piperazine rings is 1. The van der Waals surface area contributed by atoms with Gasteiger partial charge in [-0.05, 0) is 196 Å². The van der Waals surface area contributed by atoms with Gasteiger partial charge in [0.1, 0.15) is 17.5 Å². The minimum absolute atomic E-state index is 0.277. The van der Waals surface area contributed by atoms with Crippen LogP contribution in [-0.4, -0.2) is 174 Å². The van der Waals surface area contributed by atoms with E-state index in [1.54, 1.807) is 24.7 Å². The highest BCUT2D eigenvalue weighted by atomic mass is 35.5. The third-order valence-electron chi connectivity index (χ3n) is 23.0. The predicted molar refractivity (Wildman–Crippen MR) is 526 cm³/mol. The molecule has 7 aliphatic rings. The Morgan fingerprint density at radius 3 is 1.38 bits per heavy atom. The number of hydrogen-bond acceptors (Lipinski definition) is 27. The van der Waals surface area contributed by atoms with Gasteiger partial charge in [0, 0.05) is 184 Å². The summed E-state index contributed by atoms with van der Waals surface area (Å²) >= 11 is 40.3. The van der Waals surface area contributed by atoms with E-state index in [0.717, 1.165) is 230 Å². The molecule has 0 unspecified atom stereocenters. The van der Waals surface area contributed by atoms with E-state index in [0.29, 0.717) is 110 Å². The zero-order valence-corrected chi connectivity index (χ0v) is 76.6. The number of halogens is 6. The first kappa shape index (κ1) is 89.7. The van der Waals surface area contributed by atoms with Crippen molar-refractivity contribution in [1.82, 2.24) is 74.9 Å². The number of aryl methyl sites for hydroxylation is 3. The molecule has 4 aromatic carbocycles. The number of nitrogens with zero attached hydrogens (tertiary/aromatic N) is 16. The van der Waals surface area contributed by atoms with Crippen LogP contribution < -0.4 is 68.7 Å². The lowest BCUT2D eigenvalue weighted by Gasteiger charge is -2.40. The van der Waals surface area contributed by atoms with Crippen molar-refractivity contribution in [2.45, 2.75) is 110 Å². The van der Waals surface area contributed by atoms with Crippen molar-refractivity contribution in [1.29, 1.82) is 0 Å². The highest BCUT2D eigenvalue weighted by molar-refractivity contribution is 7.81. The number of likely N-dealkylation sites (N-methyl/N-ethyl adjacent to an activating group) is 1. The fourth-order valence-electron chi connectivity index (χ4n) is 16.2. The normalized spacial score (nSPS) is 15.9. The quantitative estimate of drug-likeness (QED) is 0.0451. The van der Waals surface area contributed by atoms with Crippen LogP contribution in [0, 0.1) is 20.8 Å². The Balaban J connectivity index is 0.000000126. The number of fused-ring (bicyclic) bond motifs is 12. The summed E-state index contributed by atoms with van der Waals surface area (Å²) in [7, 11) is 4.32. The summed E-state index contributed by atoms with van der Waals surface area (Å²) in [5, 5.41) is 34.6. The number of alkyl halides is 3. The highest BCUT2D eigenvalue weighted by Crippen LogP contribution is 2.43. The van der Waals surface area contributed by atoms with Gasteiger partial charge in [0.15, 0.2) is 0 Å². The Kier molecular flexibility index (Phi) is 27.7. The van der Waals surface area contributed by atoms with E-state index >= 15 is 0 Å². The first-order valence-electron chi connectivity index (χ1n) is 42.0. The van der Waals surface area contributed by atoms with Crippen LogP contribution in [0.25, 0.3) is 45.0 Å². The molecule has 37 heteroatoms. The van der Waals surface area contributed by atoms with E-state index in [1.165, 1.54) is 6.07 Å². The summed E-state index contributed by atoms with van der Waals surface area (Å²) in [6.07, 6.45) is 12.7. The number of nitrogens with one attached hydrogen (secondary N) is 10. The van der Waals surface area contributed by atoms with E-state index in [2.05, 4.69) is 164 Å². The maximum atomic E-state index is 13.2. The van der Waals surface area contributed by atoms with E-state index in [4.69, 9.17) is 104 Å². The van der Waals surface area contributed by atoms with Crippen molar-refractivity contribution >= 4 is 196 Å². The Morgan fingerprint density at radius 2 is 0.938 bits per heavy atom. The van der Waals surface area contributed by atoms with Crippen LogP contribution in [0.15, 0.2) is 152 Å². The van der Waals surface area contributed by atoms with Gasteiger partial charge in [-0.15, -0.1) is 0 Å². The number of piperidine rings is 2. The van der Waals surface area contributed by atoms with Gasteiger partial charge in [-0.3, -0.25) is 9.88 Å². The zero-order valence-electron chi connectivity index (χ0n) is 71.1. The monoisotopic (exact) mass is 1850 g/mol. The van der Waals surface area contributed by atoms with Crippen molar-refractivity contribution in [2.75, 3.05) is 130 Å². The number of thiocarbonyl (C=S) groups is 4. The smallest absolute Gasteiger partial charge is 0.384 e. The number of benzene rings is 4. The van der Waals surface area contributed by atoms with Gasteiger partial charge in [-0.1, -0.05) is 96.7 Å². The second kappa shape index (κ2) is 39.5. The Bertz CT molecular complexity index is 6220. The van der Waals surface area contributed by atoms with Gasteiger partial charge in [0.25, 0.3) is 0 Å². The molecule has 8 aromatic heterocycles. The third-order valence-corrected chi connectivity index (χ3v) is 24.7. The molecule has 27 nitrogen and oxygen atoms in total. The van der Waals surface area contributed by atoms with Crippen LogP contribution in [0.3, 0.4) is 0 Å². The first-order valence-corrected chi connectivity index (χ1v) is 44.7. The molecule has 0 amide bonds. The maximum Gasteiger partial charge on any atom is 0.416 e. The maximum absolute atomic E-state index is 13.2. The molecule has 1 atom stereocenters. The molecule has 0 spiro atoms. The van der Waals surface area contributed by atoms with E-state index in [-0.39, 0.29) is 5.69 Å². The summed E-state index contributed by atoms with van der Waals surface area (Å²) in [6.45, 7) is 18.6. The lowest BCUT2D eigenvalue weighted by molar-refractivity contribution is -0.137. The molecule has 12 aromatic rings. The largest absolute Gasteiger partial charge is 0.416 e. The highest BCUT2D eigenvalue weighted by Gasteiger charge is 2.34. The zero-order chi connectivity index (χ0) is 89.6. The van der Waals surface area contributed by atoms with Crippen LogP contribution in [0.2, 0.25) is 15.1 Å². The molecule has 0 bridgehead atoms. The summed E-state index contributed by atoms with van der Waals surface area (Å²) in [5.41, 5.74) is 24.8. The number of hydrogen-bond donors (Lipinski definition) is 11. The Morgan fingerprint density at radius 1 is 0.477 bits per heavy atom. The van der Waals surface area contributed by atoms with Gasteiger partial charge in [0.05, 0.1) is 106 Å². The van der Waals surface area contributed by atoms with Crippen LogP contribution in [0.4, 0.5) is 106 Å². The Labute approximate surface area is 776 Å². The van der Waals surface area contributed by atoms with Crippen molar-refractivity contribution in [3.05, 3.63) is 212 Å². The topological polar surface area (TPSA) is 314 Å². The predicted octanol–water partition coefficient (Wildman–Crippen LogP) is 19.0. The molecule has 0 aliphatic carbocycles. The van der Waals surface area contributed by atoms with E-state index in [1.807, 2.05) is 112 Å². The average Bonchev–Trinajstić information content (AvgIpc) is 1.60. The molecule has 128 heavy (non-hydrogen) atoms. The molecule has 7 aliphatic heterocycles. The number of aromatic nitrogens is 12. The Hall–Kier alpha value is -11.7. The fourth-order valence-corrected chi connectivity index (χ4v) is 17.8. The lowest BCUT2D eigenvalue weighted by atomic mass is 10.0. The first-order chi connectivity index (χ1) is 61.6. The molecule has 0 radical (unpaired) electrons. The molecular weight excluding hydrogens is 1760 g/mol. The van der Waals surface area contributed by atoms with E-state index in [9.17, 15) is 13.2 Å². The van der Waals surface area contributed by atoms with Gasteiger partial charge in [-0.2, -0.15) is 13.2 Å². The van der Waals surface area contributed by atoms with Gasteiger partial charge >= 0.3 is 6.18 Å². The molecule has 3 fully saturated rings. The van der Waals surface area contributed by atoms with Gasteiger partial charge in [0.2, 0.25) is 23.8 Å². The number of pyridine rings is 4. The number of rotatable bonds is 14. The minimum atomic E-state index is -4.45. The van der Waals surface area contributed by atoms with E-state index < -0.39 is 11.7 Å².